The average Bonchev–Trinajstić information content (AvgIpc) is 3.08. The molecule has 0 saturated heterocycles. The number of rotatable bonds is 3. The van der Waals surface area contributed by atoms with Crippen molar-refractivity contribution in [3.63, 3.8) is 0 Å². The van der Waals surface area contributed by atoms with Gasteiger partial charge < -0.3 is 18.8 Å². The first-order valence-corrected chi connectivity index (χ1v) is 8.60. The number of aromatic nitrogens is 1. The lowest BCUT2D eigenvalue weighted by Gasteiger charge is -2.32. The number of carbonyl (C=O) groups is 1. The van der Waals surface area contributed by atoms with Gasteiger partial charge in [-0.3, -0.25) is 0 Å². The zero-order valence-corrected chi connectivity index (χ0v) is 15.6. The first-order valence-electron chi connectivity index (χ1n) is 8.22. The van der Waals surface area contributed by atoms with Crippen LogP contribution in [0, 0.1) is 5.82 Å². The van der Waals surface area contributed by atoms with Crippen LogP contribution in [-0.4, -0.2) is 28.1 Å². The molecule has 1 amide bonds. The standard InChI is InChI=1S/C18H20ClFN2O4/c1-18(2,3)26-17(23)22-5-4-12-13(8-22)14(20)6-15(16(12)19)24-9-11-7-21-10-25-11/h6-7,10H,4-5,8-9H2,1-3H3. The van der Waals surface area contributed by atoms with E-state index in [9.17, 15) is 9.18 Å². The third-order valence-electron chi connectivity index (χ3n) is 3.88. The molecular formula is C18H20ClFN2O4. The van der Waals surface area contributed by atoms with Crippen LogP contribution >= 0.6 is 11.6 Å². The van der Waals surface area contributed by atoms with Crippen molar-refractivity contribution < 1.29 is 23.1 Å². The molecule has 26 heavy (non-hydrogen) atoms. The maximum Gasteiger partial charge on any atom is 0.410 e. The van der Waals surface area contributed by atoms with E-state index in [1.54, 1.807) is 20.8 Å². The van der Waals surface area contributed by atoms with Crippen molar-refractivity contribution in [2.75, 3.05) is 6.54 Å². The largest absolute Gasteiger partial charge is 0.484 e. The number of hydrogen-bond donors (Lipinski definition) is 0. The van der Waals surface area contributed by atoms with E-state index in [1.807, 2.05) is 0 Å². The topological polar surface area (TPSA) is 64.8 Å². The lowest BCUT2D eigenvalue weighted by atomic mass is 9.98. The van der Waals surface area contributed by atoms with Gasteiger partial charge in [0.2, 0.25) is 0 Å². The SMILES string of the molecule is CC(C)(C)OC(=O)N1CCc2c(Cl)c(OCc3cnco3)cc(F)c2C1. The van der Waals surface area contributed by atoms with Gasteiger partial charge in [-0.05, 0) is 32.8 Å². The Kier molecular flexibility index (Phi) is 5.09. The number of nitrogens with zero attached hydrogens (tertiary/aromatic N) is 2. The Bertz CT molecular complexity index is 803. The summed E-state index contributed by atoms with van der Waals surface area (Å²) in [7, 11) is 0. The first kappa shape index (κ1) is 18.5. The van der Waals surface area contributed by atoms with Crippen LogP contribution < -0.4 is 4.74 Å². The minimum atomic E-state index is -0.605. The molecule has 0 bridgehead atoms. The Labute approximate surface area is 155 Å². The molecule has 2 heterocycles. The minimum absolute atomic E-state index is 0.0992. The van der Waals surface area contributed by atoms with Crippen LogP contribution in [0.3, 0.4) is 0 Å². The molecule has 0 aliphatic carbocycles. The monoisotopic (exact) mass is 382 g/mol. The molecule has 0 spiro atoms. The van der Waals surface area contributed by atoms with E-state index in [0.717, 1.165) is 0 Å². The minimum Gasteiger partial charge on any atom is -0.484 e. The van der Waals surface area contributed by atoms with Gasteiger partial charge >= 0.3 is 6.09 Å². The molecule has 1 aliphatic heterocycles. The Morgan fingerprint density at radius 3 is 2.85 bits per heavy atom. The number of amides is 1. The van der Waals surface area contributed by atoms with Gasteiger partial charge in [0.15, 0.2) is 12.2 Å². The molecule has 6 nitrogen and oxygen atoms in total. The summed E-state index contributed by atoms with van der Waals surface area (Å²) in [5.41, 5.74) is 0.435. The highest BCUT2D eigenvalue weighted by molar-refractivity contribution is 6.33. The number of benzene rings is 1. The summed E-state index contributed by atoms with van der Waals surface area (Å²) in [5.74, 6) is 0.283. The van der Waals surface area contributed by atoms with E-state index in [4.69, 9.17) is 25.5 Å². The van der Waals surface area contributed by atoms with E-state index in [1.165, 1.54) is 23.6 Å². The highest BCUT2D eigenvalue weighted by atomic mass is 35.5. The van der Waals surface area contributed by atoms with E-state index < -0.39 is 17.5 Å². The second-order valence-corrected chi connectivity index (χ2v) is 7.41. The Morgan fingerprint density at radius 2 is 2.19 bits per heavy atom. The van der Waals surface area contributed by atoms with E-state index in [2.05, 4.69) is 4.98 Å². The predicted octanol–water partition coefficient (Wildman–Crippen LogP) is 4.34. The molecule has 0 unspecified atom stereocenters. The third kappa shape index (κ3) is 4.09. The molecule has 1 aliphatic rings. The maximum atomic E-state index is 14.6. The fourth-order valence-electron chi connectivity index (χ4n) is 2.69. The van der Waals surface area contributed by atoms with E-state index in [0.29, 0.717) is 34.9 Å². The second-order valence-electron chi connectivity index (χ2n) is 7.04. The Balaban J connectivity index is 1.77. The molecule has 0 atom stereocenters. The molecule has 2 aromatic rings. The van der Waals surface area contributed by atoms with Crippen molar-refractivity contribution in [1.29, 1.82) is 0 Å². The number of halogens is 2. The summed E-state index contributed by atoms with van der Waals surface area (Å²) < 4.78 is 30.6. The average molecular weight is 383 g/mol. The zero-order chi connectivity index (χ0) is 18.9. The fraction of sp³-hybridized carbons (Fsp3) is 0.444. The van der Waals surface area contributed by atoms with E-state index in [-0.39, 0.29) is 18.9 Å². The first-order chi connectivity index (χ1) is 12.2. The summed E-state index contributed by atoms with van der Waals surface area (Å²) in [6.45, 7) is 5.97. The van der Waals surface area contributed by atoms with Gasteiger partial charge in [-0.15, -0.1) is 0 Å². The molecular weight excluding hydrogens is 363 g/mol. The van der Waals surface area contributed by atoms with Crippen LogP contribution in [0.5, 0.6) is 5.75 Å². The van der Waals surface area contributed by atoms with Crippen molar-refractivity contribution in [3.8, 4) is 5.75 Å². The van der Waals surface area contributed by atoms with Gasteiger partial charge in [-0.2, -0.15) is 0 Å². The number of fused-ring (bicyclic) bond motifs is 1. The summed E-state index contributed by atoms with van der Waals surface area (Å²) in [6, 6.07) is 1.23. The summed E-state index contributed by atoms with van der Waals surface area (Å²) in [6.07, 6.45) is 2.76. The quantitative estimate of drug-likeness (QED) is 0.790. The number of hydrogen-bond acceptors (Lipinski definition) is 5. The molecule has 140 valence electrons. The normalized spacial score (nSPS) is 14.1. The second kappa shape index (κ2) is 7.15. The van der Waals surface area contributed by atoms with Gasteiger partial charge in [-0.25, -0.2) is 14.2 Å². The molecule has 0 fully saturated rings. The van der Waals surface area contributed by atoms with E-state index >= 15 is 0 Å². The molecule has 3 rings (SSSR count). The molecule has 1 aromatic heterocycles. The van der Waals surface area contributed by atoms with Crippen molar-refractivity contribution in [1.82, 2.24) is 9.88 Å². The van der Waals surface area contributed by atoms with Crippen LogP contribution in [0.25, 0.3) is 0 Å². The number of oxazole rings is 1. The number of ether oxygens (including phenoxy) is 2. The Hall–Kier alpha value is -2.28. The molecule has 1 aromatic carbocycles. The highest BCUT2D eigenvalue weighted by Crippen LogP contribution is 2.36. The van der Waals surface area contributed by atoms with Gasteiger partial charge in [-0.1, -0.05) is 11.6 Å². The smallest absolute Gasteiger partial charge is 0.410 e. The van der Waals surface area contributed by atoms with Crippen LogP contribution in [0.4, 0.5) is 9.18 Å². The van der Waals surface area contributed by atoms with Crippen molar-refractivity contribution in [2.24, 2.45) is 0 Å². The molecule has 0 N–H and O–H groups in total. The van der Waals surface area contributed by atoms with Gasteiger partial charge in [0.05, 0.1) is 17.8 Å². The number of carbonyl (C=O) groups excluding carboxylic acids is 1. The van der Waals surface area contributed by atoms with Crippen molar-refractivity contribution >= 4 is 17.7 Å². The van der Waals surface area contributed by atoms with Crippen LogP contribution in [0.15, 0.2) is 23.1 Å². The van der Waals surface area contributed by atoms with Gasteiger partial charge in [0.25, 0.3) is 0 Å². The lowest BCUT2D eigenvalue weighted by Crippen LogP contribution is -2.40. The molecule has 0 radical (unpaired) electrons. The Morgan fingerprint density at radius 1 is 1.42 bits per heavy atom. The van der Waals surface area contributed by atoms with Crippen LogP contribution in [-0.2, 0) is 24.3 Å². The summed E-state index contributed by atoms with van der Waals surface area (Å²) >= 11 is 6.40. The van der Waals surface area contributed by atoms with Crippen molar-refractivity contribution in [3.05, 3.63) is 46.4 Å². The molecule has 0 saturated carbocycles. The fourth-order valence-corrected chi connectivity index (χ4v) is 3.01. The van der Waals surface area contributed by atoms with Crippen molar-refractivity contribution in [2.45, 2.75) is 45.9 Å². The summed E-state index contributed by atoms with van der Waals surface area (Å²) in [4.78, 5) is 17.5. The lowest BCUT2D eigenvalue weighted by molar-refractivity contribution is 0.0221. The highest BCUT2D eigenvalue weighted by Gasteiger charge is 2.29. The molecule has 8 heteroatoms. The maximum absolute atomic E-state index is 14.6. The summed E-state index contributed by atoms with van der Waals surface area (Å²) in [5, 5.41) is 0.352. The van der Waals surface area contributed by atoms with Crippen LogP contribution in [0.2, 0.25) is 5.02 Å². The predicted molar refractivity (Wildman–Crippen MR) is 92.6 cm³/mol. The zero-order valence-electron chi connectivity index (χ0n) is 14.8. The van der Waals surface area contributed by atoms with Gasteiger partial charge in [0, 0.05) is 18.2 Å². The van der Waals surface area contributed by atoms with Gasteiger partial charge in [0.1, 0.15) is 23.8 Å². The third-order valence-corrected chi connectivity index (χ3v) is 4.29. The van der Waals surface area contributed by atoms with Crippen LogP contribution in [0.1, 0.15) is 37.7 Å².